The SMILES string of the molecule is CC(C)Oc1cc(C(=O)NCc2nn(C)cc2Cl)ccc1Br. The van der Waals surface area contributed by atoms with Gasteiger partial charge in [-0.1, -0.05) is 11.6 Å². The summed E-state index contributed by atoms with van der Waals surface area (Å²) in [6.45, 7) is 4.14. The minimum absolute atomic E-state index is 0.0296. The largest absolute Gasteiger partial charge is 0.490 e. The Morgan fingerprint density at radius 3 is 2.82 bits per heavy atom. The zero-order valence-corrected chi connectivity index (χ0v) is 14.9. The van der Waals surface area contributed by atoms with Crippen molar-refractivity contribution in [1.29, 1.82) is 0 Å². The van der Waals surface area contributed by atoms with Gasteiger partial charge in [-0.05, 0) is 48.0 Å². The number of amides is 1. The van der Waals surface area contributed by atoms with Gasteiger partial charge < -0.3 is 10.1 Å². The maximum Gasteiger partial charge on any atom is 0.251 e. The molecule has 0 spiro atoms. The number of aryl methyl sites for hydroxylation is 1. The van der Waals surface area contributed by atoms with Gasteiger partial charge in [-0.15, -0.1) is 0 Å². The van der Waals surface area contributed by atoms with Crippen molar-refractivity contribution in [3.05, 3.63) is 45.1 Å². The van der Waals surface area contributed by atoms with Crippen molar-refractivity contribution < 1.29 is 9.53 Å². The van der Waals surface area contributed by atoms with E-state index in [1.54, 1.807) is 36.1 Å². The molecule has 0 saturated carbocycles. The van der Waals surface area contributed by atoms with Gasteiger partial charge in [0, 0.05) is 18.8 Å². The molecule has 0 saturated heterocycles. The smallest absolute Gasteiger partial charge is 0.251 e. The maximum absolute atomic E-state index is 12.2. The van der Waals surface area contributed by atoms with Crippen LogP contribution in [0.5, 0.6) is 5.75 Å². The van der Waals surface area contributed by atoms with Crippen LogP contribution in [0.4, 0.5) is 0 Å². The summed E-state index contributed by atoms with van der Waals surface area (Å²) >= 11 is 9.43. The minimum atomic E-state index is -0.206. The predicted octanol–water partition coefficient (Wildman–Crippen LogP) is 3.55. The zero-order chi connectivity index (χ0) is 16.3. The number of nitrogens with one attached hydrogen (secondary N) is 1. The Morgan fingerprint density at radius 2 is 2.23 bits per heavy atom. The van der Waals surface area contributed by atoms with Crippen LogP contribution < -0.4 is 10.1 Å². The number of halogens is 2. The molecule has 118 valence electrons. The third-order valence-electron chi connectivity index (χ3n) is 2.83. The van der Waals surface area contributed by atoms with E-state index in [9.17, 15) is 4.79 Å². The van der Waals surface area contributed by atoms with Crippen LogP contribution in [0.1, 0.15) is 29.9 Å². The van der Waals surface area contributed by atoms with Crippen molar-refractivity contribution in [2.24, 2.45) is 7.05 Å². The third kappa shape index (κ3) is 4.24. The normalized spacial score (nSPS) is 10.8. The predicted molar refractivity (Wildman–Crippen MR) is 89.3 cm³/mol. The molecule has 0 aliphatic rings. The number of ether oxygens (including phenoxy) is 1. The van der Waals surface area contributed by atoms with Crippen LogP contribution >= 0.6 is 27.5 Å². The number of carbonyl (C=O) groups excluding carboxylic acids is 1. The number of hydrogen-bond acceptors (Lipinski definition) is 3. The number of rotatable bonds is 5. The molecule has 0 radical (unpaired) electrons. The molecule has 2 aromatic rings. The summed E-state index contributed by atoms with van der Waals surface area (Å²) in [7, 11) is 1.78. The number of nitrogens with zero attached hydrogens (tertiary/aromatic N) is 2. The number of aromatic nitrogens is 2. The second-order valence-corrected chi connectivity index (χ2v) is 6.35. The first-order chi connectivity index (χ1) is 10.4. The fourth-order valence-corrected chi connectivity index (χ4v) is 2.47. The van der Waals surface area contributed by atoms with Gasteiger partial charge in [0.15, 0.2) is 0 Å². The standard InChI is InChI=1S/C15H17BrClN3O2/c1-9(2)22-14-6-10(4-5-11(14)16)15(21)18-7-13-12(17)8-20(3)19-13/h4-6,8-9H,7H2,1-3H3,(H,18,21). The van der Waals surface area contributed by atoms with E-state index in [1.807, 2.05) is 13.8 Å². The van der Waals surface area contributed by atoms with Crippen LogP contribution in [-0.4, -0.2) is 21.8 Å². The van der Waals surface area contributed by atoms with Gasteiger partial charge in [-0.2, -0.15) is 5.10 Å². The Kier molecular flexibility index (Phi) is 5.47. The highest BCUT2D eigenvalue weighted by molar-refractivity contribution is 9.10. The lowest BCUT2D eigenvalue weighted by Crippen LogP contribution is -2.23. The molecule has 1 amide bonds. The number of hydrogen-bond donors (Lipinski definition) is 1. The molecule has 7 heteroatoms. The monoisotopic (exact) mass is 385 g/mol. The van der Waals surface area contributed by atoms with Crippen LogP contribution in [-0.2, 0) is 13.6 Å². The highest BCUT2D eigenvalue weighted by Crippen LogP contribution is 2.27. The Hall–Kier alpha value is -1.53. The molecule has 0 unspecified atom stereocenters. The van der Waals surface area contributed by atoms with Gasteiger partial charge in [0.05, 0.1) is 22.1 Å². The summed E-state index contributed by atoms with van der Waals surface area (Å²) in [5, 5.41) is 7.51. The summed E-state index contributed by atoms with van der Waals surface area (Å²) in [6, 6.07) is 5.23. The van der Waals surface area contributed by atoms with Gasteiger partial charge in [0.2, 0.25) is 0 Å². The second-order valence-electron chi connectivity index (χ2n) is 5.09. The quantitative estimate of drug-likeness (QED) is 0.855. The molecule has 5 nitrogen and oxygen atoms in total. The van der Waals surface area contributed by atoms with Crippen molar-refractivity contribution in [2.75, 3.05) is 0 Å². The summed E-state index contributed by atoms with van der Waals surface area (Å²) in [5.41, 5.74) is 1.15. The first kappa shape index (κ1) is 16.8. The van der Waals surface area contributed by atoms with Crippen LogP contribution in [0, 0.1) is 0 Å². The Balaban J connectivity index is 2.07. The molecule has 0 bridgehead atoms. The molecule has 22 heavy (non-hydrogen) atoms. The lowest BCUT2D eigenvalue weighted by Gasteiger charge is -2.13. The van der Waals surface area contributed by atoms with Crippen LogP contribution in [0.15, 0.2) is 28.9 Å². The number of carbonyl (C=O) groups is 1. The fourth-order valence-electron chi connectivity index (χ4n) is 1.88. The Bertz CT molecular complexity index is 685. The van der Waals surface area contributed by atoms with Crippen LogP contribution in [0.2, 0.25) is 5.02 Å². The molecule has 0 fully saturated rings. The molecule has 0 atom stereocenters. The van der Waals surface area contributed by atoms with Crippen LogP contribution in [0.3, 0.4) is 0 Å². The van der Waals surface area contributed by atoms with E-state index in [0.29, 0.717) is 22.0 Å². The summed E-state index contributed by atoms with van der Waals surface area (Å²) in [5.74, 6) is 0.432. The topological polar surface area (TPSA) is 56.1 Å². The summed E-state index contributed by atoms with van der Waals surface area (Å²) in [4.78, 5) is 12.2. The molecular formula is C15H17BrClN3O2. The Labute approximate surface area is 142 Å². The molecule has 1 N–H and O–H groups in total. The Morgan fingerprint density at radius 1 is 1.50 bits per heavy atom. The molecular weight excluding hydrogens is 370 g/mol. The van der Waals surface area contributed by atoms with E-state index in [4.69, 9.17) is 16.3 Å². The van der Waals surface area contributed by atoms with E-state index in [0.717, 1.165) is 4.47 Å². The lowest BCUT2D eigenvalue weighted by molar-refractivity contribution is 0.0949. The van der Waals surface area contributed by atoms with Crippen molar-refractivity contribution in [3.8, 4) is 5.75 Å². The summed E-state index contributed by atoms with van der Waals surface area (Å²) in [6.07, 6.45) is 1.72. The number of benzene rings is 1. The first-order valence-electron chi connectivity index (χ1n) is 6.79. The van der Waals surface area contributed by atoms with Gasteiger partial charge in [-0.3, -0.25) is 9.48 Å². The zero-order valence-electron chi connectivity index (χ0n) is 12.6. The van der Waals surface area contributed by atoms with Gasteiger partial charge in [0.25, 0.3) is 5.91 Å². The van der Waals surface area contributed by atoms with E-state index in [1.165, 1.54) is 0 Å². The average Bonchev–Trinajstić information content (AvgIpc) is 2.76. The fraction of sp³-hybridized carbons (Fsp3) is 0.333. The molecule has 0 aliphatic carbocycles. The van der Waals surface area contributed by atoms with Crippen LogP contribution in [0.25, 0.3) is 0 Å². The molecule has 1 heterocycles. The van der Waals surface area contributed by atoms with Crippen molar-refractivity contribution >= 4 is 33.4 Å². The van der Waals surface area contributed by atoms with Crippen molar-refractivity contribution in [3.63, 3.8) is 0 Å². The maximum atomic E-state index is 12.2. The van der Waals surface area contributed by atoms with Crippen molar-refractivity contribution in [1.82, 2.24) is 15.1 Å². The van der Waals surface area contributed by atoms with Gasteiger partial charge in [0.1, 0.15) is 11.4 Å². The lowest BCUT2D eigenvalue weighted by atomic mass is 10.2. The van der Waals surface area contributed by atoms with E-state index >= 15 is 0 Å². The first-order valence-corrected chi connectivity index (χ1v) is 7.96. The molecule has 1 aromatic heterocycles. The van der Waals surface area contributed by atoms with E-state index in [-0.39, 0.29) is 18.6 Å². The van der Waals surface area contributed by atoms with Crippen molar-refractivity contribution in [2.45, 2.75) is 26.5 Å². The molecule has 2 rings (SSSR count). The van der Waals surface area contributed by atoms with E-state index < -0.39 is 0 Å². The summed E-state index contributed by atoms with van der Waals surface area (Å²) < 4.78 is 8.08. The highest BCUT2D eigenvalue weighted by Gasteiger charge is 2.12. The van der Waals surface area contributed by atoms with E-state index in [2.05, 4.69) is 26.3 Å². The van der Waals surface area contributed by atoms with Gasteiger partial charge >= 0.3 is 0 Å². The van der Waals surface area contributed by atoms with Gasteiger partial charge in [-0.25, -0.2) is 0 Å². The molecule has 0 aliphatic heterocycles. The molecule has 1 aromatic carbocycles. The highest BCUT2D eigenvalue weighted by atomic mass is 79.9. The average molecular weight is 387 g/mol. The third-order valence-corrected chi connectivity index (χ3v) is 3.80. The second kappa shape index (κ2) is 7.15. The minimum Gasteiger partial charge on any atom is -0.490 e.